The predicted octanol–water partition coefficient (Wildman–Crippen LogP) is 2.40. The monoisotopic (exact) mass is 335 g/mol. The number of carbonyl (C=O) groups is 1. The number of halogens is 3. The number of carbonyl (C=O) groups excluding carboxylic acids is 1. The number of amides is 1. The van der Waals surface area contributed by atoms with Gasteiger partial charge in [0.2, 0.25) is 5.91 Å². The second kappa shape index (κ2) is 5.84. The zero-order valence-electron chi connectivity index (χ0n) is 11.8. The van der Waals surface area contributed by atoms with Crippen LogP contribution in [0.2, 0.25) is 0 Å². The van der Waals surface area contributed by atoms with Crippen molar-refractivity contribution < 1.29 is 26.4 Å². The topological polar surface area (TPSA) is 90.3 Å². The van der Waals surface area contributed by atoms with Crippen LogP contribution in [0.25, 0.3) is 0 Å². The van der Waals surface area contributed by atoms with Crippen LogP contribution in [0, 0.1) is 25.3 Å². The Bertz CT molecular complexity index is 751. The molecule has 0 aromatic heterocycles. The minimum atomic E-state index is -5.86. The number of alkyl halides is 3. The summed E-state index contributed by atoms with van der Waals surface area (Å²) in [6.07, 6.45) is 1.02. The third-order valence-corrected chi connectivity index (χ3v) is 4.04. The van der Waals surface area contributed by atoms with Gasteiger partial charge in [-0.25, -0.2) is 0 Å². The van der Waals surface area contributed by atoms with Crippen molar-refractivity contribution in [3.8, 4) is 6.19 Å². The predicted molar refractivity (Wildman–Crippen MR) is 73.3 cm³/mol. The van der Waals surface area contributed by atoms with Crippen LogP contribution in [0.15, 0.2) is 12.1 Å². The lowest BCUT2D eigenvalue weighted by Crippen LogP contribution is -2.38. The molecule has 1 aromatic carbocycles. The first kappa shape index (κ1) is 17.8. The molecule has 0 aliphatic heterocycles. The SMILES string of the molecule is CC(=O)Nc1cc(N(C#N)S(=O)(=O)C(F)(F)F)c(C)cc1C. The maximum absolute atomic E-state index is 12.6. The second-order valence-electron chi connectivity index (χ2n) is 4.45. The van der Waals surface area contributed by atoms with Gasteiger partial charge in [0, 0.05) is 12.6 Å². The number of nitrogens with one attached hydrogen (secondary N) is 1. The van der Waals surface area contributed by atoms with Gasteiger partial charge in [-0.15, -0.1) is 0 Å². The number of rotatable bonds is 3. The van der Waals surface area contributed by atoms with E-state index in [1.54, 1.807) is 6.92 Å². The molecule has 10 heteroatoms. The summed E-state index contributed by atoms with van der Waals surface area (Å²) in [5, 5.41) is 11.2. The molecule has 0 spiro atoms. The average molecular weight is 335 g/mol. The number of benzene rings is 1. The fourth-order valence-corrected chi connectivity index (χ4v) is 2.49. The first-order valence-corrected chi connectivity index (χ1v) is 7.26. The molecular formula is C12H12F3N3O3S. The van der Waals surface area contributed by atoms with Crippen molar-refractivity contribution in [2.45, 2.75) is 26.3 Å². The highest BCUT2D eigenvalue weighted by atomic mass is 32.2. The summed E-state index contributed by atoms with van der Waals surface area (Å²) in [5.41, 5.74) is -5.33. The normalized spacial score (nSPS) is 11.7. The number of nitrogens with zero attached hydrogens (tertiary/aromatic N) is 2. The van der Waals surface area contributed by atoms with Crippen LogP contribution in [-0.4, -0.2) is 19.8 Å². The first-order valence-electron chi connectivity index (χ1n) is 5.82. The molecule has 0 heterocycles. The van der Waals surface area contributed by atoms with Gasteiger partial charge in [0.05, 0.1) is 5.69 Å². The van der Waals surface area contributed by atoms with Crippen molar-refractivity contribution in [2.24, 2.45) is 0 Å². The standard InChI is InChI=1S/C12H12F3N3O3S/c1-7-4-8(2)11(5-10(7)17-9(3)19)18(6-16)22(20,21)12(13,14)15/h4-5H,1-3H3,(H,17,19). The summed E-state index contributed by atoms with van der Waals surface area (Å²) in [6, 6.07) is 2.38. The van der Waals surface area contributed by atoms with Crippen LogP contribution >= 0.6 is 0 Å². The molecule has 6 nitrogen and oxygen atoms in total. The molecule has 0 aliphatic carbocycles. The minimum absolute atomic E-state index is 0.116. The van der Waals surface area contributed by atoms with Gasteiger partial charge >= 0.3 is 15.5 Å². The van der Waals surface area contributed by atoms with E-state index in [1.807, 2.05) is 0 Å². The van der Waals surface area contributed by atoms with Crippen LogP contribution < -0.4 is 9.62 Å². The van der Waals surface area contributed by atoms with E-state index < -0.39 is 31.4 Å². The Balaban J connectivity index is 3.54. The second-order valence-corrected chi connectivity index (χ2v) is 6.23. The van der Waals surface area contributed by atoms with E-state index in [2.05, 4.69) is 5.32 Å². The van der Waals surface area contributed by atoms with Crippen molar-refractivity contribution in [3.05, 3.63) is 23.3 Å². The molecule has 0 atom stereocenters. The average Bonchev–Trinajstić information content (AvgIpc) is 2.33. The van der Waals surface area contributed by atoms with Crippen molar-refractivity contribution >= 4 is 27.3 Å². The van der Waals surface area contributed by atoms with Gasteiger partial charge < -0.3 is 5.32 Å². The third kappa shape index (κ3) is 3.30. The third-order valence-electron chi connectivity index (χ3n) is 2.70. The number of nitriles is 1. The Kier molecular flexibility index (Phi) is 4.72. The smallest absolute Gasteiger partial charge is 0.326 e. The molecule has 0 fully saturated rings. The molecule has 0 bridgehead atoms. The van der Waals surface area contributed by atoms with Gasteiger partial charge in [0.25, 0.3) is 0 Å². The summed E-state index contributed by atoms with van der Waals surface area (Å²) in [7, 11) is -5.86. The van der Waals surface area contributed by atoms with E-state index in [0.717, 1.165) is 12.3 Å². The Morgan fingerprint density at radius 1 is 1.27 bits per heavy atom. The van der Waals surface area contributed by atoms with Gasteiger partial charge in [-0.3, -0.25) is 4.79 Å². The molecule has 0 aliphatic rings. The fourth-order valence-electron chi connectivity index (χ4n) is 1.72. The molecule has 120 valence electrons. The van der Waals surface area contributed by atoms with Gasteiger partial charge in [-0.2, -0.15) is 31.2 Å². The number of hydrogen-bond donors (Lipinski definition) is 1. The van der Waals surface area contributed by atoms with Gasteiger partial charge in [0.1, 0.15) is 0 Å². The zero-order valence-corrected chi connectivity index (χ0v) is 12.6. The molecule has 1 amide bonds. The van der Waals surface area contributed by atoms with Crippen molar-refractivity contribution in [2.75, 3.05) is 9.62 Å². The molecule has 0 saturated heterocycles. The van der Waals surface area contributed by atoms with E-state index >= 15 is 0 Å². The lowest BCUT2D eigenvalue weighted by molar-refractivity contribution is -0.114. The van der Waals surface area contributed by atoms with Gasteiger partial charge in [-0.05, 0) is 31.0 Å². The van der Waals surface area contributed by atoms with Gasteiger partial charge in [-0.1, -0.05) is 6.07 Å². The van der Waals surface area contributed by atoms with Crippen LogP contribution in [-0.2, 0) is 14.8 Å². The summed E-state index contributed by atoms with van der Waals surface area (Å²) in [5.74, 6) is -0.486. The largest absolute Gasteiger partial charge is 0.517 e. The number of anilines is 2. The molecular weight excluding hydrogens is 323 g/mol. The molecule has 1 rings (SSSR count). The Morgan fingerprint density at radius 2 is 1.82 bits per heavy atom. The number of hydrogen-bond acceptors (Lipinski definition) is 4. The van der Waals surface area contributed by atoms with Crippen LogP contribution in [0.4, 0.5) is 24.5 Å². The fraction of sp³-hybridized carbons (Fsp3) is 0.333. The van der Waals surface area contributed by atoms with Crippen molar-refractivity contribution in [1.82, 2.24) is 0 Å². The summed E-state index contributed by atoms with van der Waals surface area (Å²) < 4.78 is 60.4. The Morgan fingerprint density at radius 3 is 2.23 bits per heavy atom. The summed E-state index contributed by atoms with van der Waals surface area (Å²) in [6.45, 7) is 4.13. The van der Waals surface area contributed by atoms with Gasteiger partial charge in [0.15, 0.2) is 6.19 Å². The molecule has 0 unspecified atom stereocenters. The molecule has 1 aromatic rings. The summed E-state index contributed by atoms with van der Waals surface area (Å²) in [4.78, 5) is 11.1. The molecule has 1 N–H and O–H groups in total. The summed E-state index contributed by atoms with van der Waals surface area (Å²) >= 11 is 0. The maximum atomic E-state index is 12.6. The Hall–Kier alpha value is -2.28. The molecule has 0 saturated carbocycles. The van der Waals surface area contributed by atoms with Crippen LogP contribution in [0.1, 0.15) is 18.1 Å². The van der Waals surface area contributed by atoms with E-state index in [-0.39, 0.29) is 11.3 Å². The lowest BCUT2D eigenvalue weighted by Gasteiger charge is -2.21. The highest BCUT2D eigenvalue weighted by molar-refractivity contribution is 7.93. The molecule has 22 heavy (non-hydrogen) atoms. The maximum Gasteiger partial charge on any atom is 0.517 e. The van der Waals surface area contributed by atoms with E-state index in [4.69, 9.17) is 5.26 Å². The zero-order chi connectivity index (χ0) is 17.3. The minimum Gasteiger partial charge on any atom is -0.326 e. The Labute approximate surface area is 125 Å². The first-order chi connectivity index (χ1) is 9.91. The van der Waals surface area contributed by atoms with Crippen molar-refractivity contribution in [3.63, 3.8) is 0 Å². The number of sulfonamides is 1. The highest BCUT2D eigenvalue weighted by Crippen LogP contribution is 2.34. The quantitative estimate of drug-likeness (QED) is 0.678. The highest BCUT2D eigenvalue weighted by Gasteiger charge is 2.51. The number of aryl methyl sites for hydroxylation is 2. The van der Waals surface area contributed by atoms with Crippen molar-refractivity contribution in [1.29, 1.82) is 5.26 Å². The molecule has 0 radical (unpaired) electrons. The van der Waals surface area contributed by atoms with Crippen LogP contribution in [0.5, 0.6) is 0 Å². The van der Waals surface area contributed by atoms with Crippen LogP contribution in [0.3, 0.4) is 0 Å². The lowest BCUT2D eigenvalue weighted by atomic mass is 10.1. The van der Waals surface area contributed by atoms with E-state index in [1.165, 1.54) is 19.9 Å². The van der Waals surface area contributed by atoms with E-state index in [0.29, 0.717) is 5.56 Å². The van der Waals surface area contributed by atoms with E-state index in [9.17, 15) is 26.4 Å².